The first kappa shape index (κ1) is 17.2. The Kier molecular flexibility index (Phi) is 7.13. The summed E-state index contributed by atoms with van der Waals surface area (Å²) < 4.78 is 5.32. The van der Waals surface area contributed by atoms with E-state index in [-0.39, 0.29) is 5.96 Å². The van der Waals surface area contributed by atoms with E-state index < -0.39 is 5.09 Å². The minimum atomic E-state index is -1.50. The number of guanidine groups is 1. The van der Waals surface area contributed by atoms with Gasteiger partial charge in [0, 0.05) is 18.8 Å². The highest BCUT2D eigenvalue weighted by Crippen LogP contribution is 2.15. The highest BCUT2D eigenvalue weighted by Gasteiger charge is 2.10. The summed E-state index contributed by atoms with van der Waals surface area (Å²) in [4.78, 5) is 10.7. The Labute approximate surface area is 126 Å². The molecule has 0 unspecified atom stereocenters. The van der Waals surface area contributed by atoms with Crippen molar-refractivity contribution in [2.24, 2.45) is 21.7 Å². The van der Waals surface area contributed by atoms with Gasteiger partial charge in [-0.05, 0) is 17.7 Å². The molecule has 1 heterocycles. The van der Waals surface area contributed by atoms with Crippen LogP contribution < -0.4 is 16.4 Å². The highest BCUT2D eigenvalue weighted by molar-refractivity contribution is 5.82. The lowest BCUT2D eigenvalue weighted by Gasteiger charge is -2.28. The molecule has 0 amide bonds. The topological polar surface area (TPSA) is 153 Å². The first-order chi connectivity index (χ1) is 10.5. The van der Waals surface area contributed by atoms with E-state index in [1.165, 1.54) is 5.69 Å². The molecule has 0 spiro atoms. The molecule has 1 aliphatic rings. The van der Waals surface area contributed by atoms with Gasteiger partial charge in [-0.3, -0.25) is 0 Å². The third-order valence-corrected chi connectivity index (χ3v) is 2.65. The lowest BCUT2D eigenvalue weighted by molar-refractivity contribution is -0.742. The molecule has 120 valence electrons. The fourth-order valence-corrected chi connectivity index (χ4v) is 1.75. The maximum atomic E-state index is 8.36. The minimum Gasteiger partial charge on any atom is -0.378 e. The molecule has 1 aliphatic heterocycles. The molecule has 0 radical (unpaired) electrons. The Bertz CT molecular complexity index is 517. The van der Waals surface area contributed by atoms with E-state index in [9.17, 15) is 0 Å². The molecule has 1 aromatic carbocycles. The van der Waals surface area contributed by atoms with Crippen molar-refractivity contribution in [1.82, 2.24) is 0 Å². The van der Waals surface area contributed by atoms with Gasteiger partial charge in [-0.2, -0.15) is 5.10 Å². The quantitative estimate of drug-likeness (QED) is 0.302. The molecule has 0 bridgehead atoms. The average molecular weight is 310 g/mol. The maximum Gasteiger partial charge on any atom is 0.291 e. The van der Waals surface area contributed by atoms with Gasteiger partial charge < -0.3 is 26.3 Å². The molecule has 10 nitrogen and oxygen atoms in total. The van der Waals surface area contributed by atoms with Crippen LogP contribution in [0.4, 0.5) is 5.69 Å². The summed E-state index contributed by atoms with van der Waals surface area (Å²) in [6.45, 7) is 3.43. The van der Waals surface area contributed by atoms with E-state index in [0.717, 1.165) is 31.9 Å². The van der Waals surface area contributed by atoms with E-state index in [0.29, 0.717) is 0 Å². The van der Waals surface area contributed by atoms with Gasteiger partial charge in [0.05, 0.1) is 19.4 Å². The molecule has 0 aromatic heterocycles. The Hall–Kier alpha value is -2.88. The van der Waals surface area contributed by atoms with Crippen LogP contribution in [0.25, 0.3) is 0 Å². The van der Waals surface area contributed by atoms with Gasteiger partial charge >= 0.3 is 0 Å². The number of rotatable bonds is 3. The predicted molar refractivity (Wildman–Crippen MR) is 81.7 cm³/mol. The van der Waals surface area contributed by atoms with Crippen LogP contribution in [0.1, 0.15) is 5.56 Å². The largest absolute Gasteiger partial charge is 0.378 e. The van der Waals surface area contributed by atoms with Gasteiger partial charge in [-0.1, -0.05) is 12.1 Å². The molecule has 5 N–H and O–H groups in total. The normalized spacial score (nSPS) is 14.1. The van der Waals surface area contributed by atoms with Gasteiger partial charge in [0.25, 0.3) is 5.09 Å². The van der Waals surface area contributed by atoms with E-state index in [2.05, 4.69) is 27.2 Å². The van der Waals surface area contributed by atoms with Gasteiger partial charge in [0.1, 0.15) is 0 Å². The van der Waals surface area contributed by atoms with E-state index in [1.807, 2.05) is 12.1 Å². The van der Waals surface area contributed by atoms with E-state index >= 15 is 0 Å². The summed E-state index contributed by atoms with van der Waals surface area (Å²) in [5, 5.41) is 20.9. The smallest absolute Gasteiger partial charge is 0.291 e. The minimum absolute atomic E-state index is 0.0452. The van der Waals surface area contributed by atoms with Crippen molar-refractivity contribution in [3.05, 3.63) is 39.9 Å². The van der Waals surface area contributed by atoms with Crippen LogP contribution in [0.3, 0.4) is 0 Å². The third kappa shape index (κ3) is 7.05. The summed E-state index contributed by atoms with van der Waals surface area (Å²) >= 11 is 0. The van der Waals surface area contributed by atoms with Crippen LogP contribution >= 0.6 is 0 Å². The number of hydrogen-bond acceptors (Lipinski definition) is 6. The van der Waals surface area contributed by atoms with Crippen molar-refractivity contribution in [3.8, 4) is 0 Å². The molecule has 22 heavy (non-hydrogen) atoms. The standard InChI is InChI=1S/C12H17N5O.HNO3/c13-12(14)16-15-9-10-1-3-11(4-2-10)17-5-7-18-8-6-17;2-1(3)4/h1-4,9H,5-8H2,(H4,13,14,16);(H,2,3,4). The molecular formula is C12H18N6O4. The van der Waals surface area contributed by atoms with Crippen molar-refractivity contribution in [1.29, 1.82) is 0 Å². The van der Waals surface area contributed by atoms with Gasteiger partial charge in [0.15, 0.2) is 0 Å². The summed E-state index contributed by atoms with van der Waals surface area (Å²) in [5.74, 6) is -0.0452. The number of nitrogens with zero attached hydrogens (tertiary/aromatic N) is 4. The van der Waals surface area contributed by atoms with E-state index in [4.69, 9.17) is 31.5 Å². The van der Waals surface area contributed by atoms with Gasteiger partial charge in [0.2, 0.25) is 5.96 Å². The Morgan fingerprint density at radius 1 is 1.32 bits per heavy atom. The van der Waals surface area contributed by atoms with Gasteiger partial charge in [-0.15, -0.1) is 15.2 Å². The number of morpholine rings is 1. The second kappa shape index (κ2) is 9.13. The van der Waals surface area contributed by atoms with Crippen LogP contribution in [0, 0.1) is 10.1 Å². The number of benzene rings is 1. The molecule has 2 rings (SSSR count). The number of nitrogens with two attached hydrogens (primary N) is 2. The first-order valence-corrected chi connectivity index (χ1v) is 6.37. The van der Waals surface area contributed by atoms with Crippen molar-refractivity contribution < 1.29 is 15.0 Å². The summed E-state index contributed by atoms with van der Waals surface area (Å²) in [6, 6.07) is 8.08. The van der Waals surface area contributed by atoms with Crippen molar-refractivity contribution in [2.75, 3.05) is 31.2 Å². The van der Waals surface area contributed by atoms with Crippen molar-refractivity contribution >= 4 is 17.9 Å². The maximum absolute atomic E-state index is 8.36. The summed E-state index contributed by atoms with van der Waals surface area (Å²) in [6.07, 6.45) is 1.61. The lowest BCUT2D eigenvalue weighted by atomic mass is 10.2. The molecular weight excluding hydrogens is 292 g/mol. The molecule has 0 atom stereocenters. The SMILES string of the molecule is NC(N)=NN=Cc1ccc(N2CCOCC2)cc1.O=[N+]([O-])O. The molecule has 10 heteroatoms. The Morgan fingerprint density at radius 3 is 2.36 bits per heavy atom. The van der Waals surface area contributed by atoms with Crippen LogP contribution in [0.5, 0.6) is 0 Å². The zero-order valence-corrected chi connectivity index (χ0v) is 11.8. The third-order valence-electron chi connectivity index (χ3n) is 2.65. The molecule has 1 saturated heterocycles. The first-order valence-electron chi connectivity index (χ1n) is 6.37. The zero-order valence-electron chi connectivity index (χ0n) is 11.8. The second-order valence-electron chi connectivity index (χ2n) is 4.20. The monoisotopic (exact) mass is 310 g/mol. The van der Waals surface area contributed by atoms with E-state index in [1.54, 1.807) is 6.21 Å². The fourth-order valence-electron chi connectivity index (χ4n) is 1.75. The van der Waals surface area contributed by atoms with Crippen LogP contribution in [0.15, 0.2) is 34.5 Å². The highest BCUT2D eigenvalue weighted by atomic mass is 16.9. The lowest BCUT2D eigenvalue weighted by Crippen LogP contribution is -2.36. The van der Waals surface area contributed by atoms with Crippen molar-refractivity contribution in [3.63, 3.8) is 0 Å². The fraction of sp³-hybridized carbons (Fsp3) is 0.333. The number of anilines is 1. The molecule has 1 aromatic rings. The van der Waals surface area contributed by atoms with Crippen LogP contribution in [-0.2, 0) is 4.74 Å². The Balaban J connectivity index is 0.000000541. The van der Waals surface area contributed by atoms with Crippen LogP contribution in [-0.4, -0.2) is 48.8 Å². The molecule has 1 fully saturated rings. The molecule has 0 saturated carbocycles. The second-order valence-corrected chi connectivity index (χ2v) is 4.20. The Morgan fingerprint density at radius 2 is 1.86 bits per heavy atom. The van der Waals surface area contributed by atoms with Gasteiger partial charge in [-0.25, -0.2) is 0 Å². The van der Waals surface area contributed by atoms with Crippen molar-refractivity contribution in [2.45, 2.75) is 0 Å². The average Bonchev–Trinajstić information content (AvgIpc) is 2.48. The zero-order chi connectivity index (χ0) is 16.4. The summed E-state index contributed by atoms with van der Waals surface area (Å²) in [5.41, 5.74) is 12.5. The number of hydrogen-bond donors (Lipinski definition) is 3. The number of ether oxygens (including phenoxy) is 1. The molecule has 0 aliphatic carbocycles. The summed E-state index contributed by atoms with van der Waals surface area (Å²) in [7, 11) is 0. The predicted octanol–water partition coefficient (Wildman–Crippen LogP) is -0.217. The van der Waals surface area contributed by atoms with Crippen LogP contribution in [0.2, 0.25) is 0 Å².